The minimum atomic E-state index is -0.177. The lowest BCUT2D eigenvalue weighted by molar-refractivity contribution is -0.116. The highest BCUT2D eigenvalue weighted by atomic mass is 32.1. The van der Waals surface area contributed by atoms with Crippen LogP contribution < -0.4 is 5.32 Å². The summed E-state index contributed by atoms with van der Waals surface area (Å²) < 4.78 is 1.08. The maximum Gasteiger partial charge on any atom is 0.226 e. The van der Waals surface area contributed by atoms with Gasteiger partial charge >= 0.3 is 0 Å². The predicted molar refractivity (Wildman–Crippen MR) is 131 cm³/mol. The van der Waals surface area contributed by atoms with Gasteiger partial charge in [0.25, 0.3) is 0 Å². The first-order valence-electron chi connectivity index (χ1n) is 11.4. The molecule has 4 rings (SSSR count). The van der Waals surface area contributed by atoms with Crippen molar-refractivity contribution in [2.75, 3.05) is 18.4 Å². The van der Waals surface area contributed by atoms with Crippen LogP contribution >= 0.6 is 11.3 Å². The minimum absolute atomic E-state index is 0.00991. The molecule has 6 heteroatoms. The van der Waals surface area contributed by atoms with Crippen LogP contribution in [0.15, 0.2) is 36.4 Å². The van der Waals surface area contributed by atoms with Crippen molar-refractivity contribution < 1.29 is 9.59 Å². The molecule has 0 radical (unpaired) electrons. The third-order valence-corrected chi connectivity index (χ3v) is 7.32. The van der Waals surface area contributed by atoms with Crippen molar-refractivity contribution in [3.63, 3.8) is 0 Å². The van der Waals surface area contributed by atoms with Gasteiger partial charge in [-0.2, -0.15) is 0 Å². The maximum atomic E-state index is 12.4. The standard InChI is InChI=1S/C26H31N3O2S/c1-17-10-12-29(13-11-17)16-20-5-7-22-24(15-20)32-26(27-22)28-25(31)9-8-23(30)21-6-4-18(2)19(3)14-21/h4-7,14-15,17H,8-13,16H2,1-3H3,(H,27,28,31). The van der Waals surface area contributed by atoms with Crippen LogP contribution in [-0.4, -0.2) is 34.7 Å². The first kappa shape index (κ1) is 22.6. The van der Waals surface area contributed by atoms with Crippen LogP contribution in [0.3, 0.4) is 0 Å². The van der Waals surface area contributed by atoms with E-state index in [0.717, 1.165) is 46.9 Å². The number of anilines is 1. The molecule has 3 aromatic rings. The number of nitrogens with zero attached hydrogens (tertiary/aromatic N) is 2. The zero-order chi connectivity index (χ0) is 22.7. The fourth-order valence-corrected chi connectivity index (χ4v) is 5.01. The molecule has 0 spiro atoms. The molecule has 1 N–H and O–H groups in total. The molecular formula is C26H31N3O2S. The van der Waals surface area contributed by atoms with Crippen LogP contribution in [0, 0.1) is 19.8 Å². The second-order valence-electron chi connectivity index (χ2n) is 9.05. The summed E-state index contributed by atoms with van der Waals surface area (Å²) in [6.07, 6.45) is 2.88. The number of rotatable bonds is 7. The first-order chi connectivity index (χ1) is 15.4. The van der Waals surface area contributed by atoms with E-state index in [9.17, 15) is 9.59 Å². The van der Waals surface area contributed by atoms with E-state index in [2.05, 4.69) is 34.3 Å². The number of nitrogens with one attached hydrogen (secondary N) is 1. The number of aromatic nitrogens is 1. The Balaban J connectivity index is 1.32. The molecule has 1 aliphatic rings. The summed E-state index contributed by atoms with van der Waals surface area (Å²) in [5.74, 6) is 0.644. The third kappa shape index (κ3) is 5.61. The fourth-order valence-electron chi connectivity index (χ4n) is 4.07. The lowest BCUT2D eigenvalue weighted by Crippen LogP contribution is -2.32. The van der Waals surface area contributed by atoms with Gasteiger partial charge < -0.3 is 5.32 Å². The Kier molecular flexibility index (Phi) is 7.01. The van der Waals surface area contributed by atoms with Gasteiger partial charge in [-0.1, -0.05) is 36.5 Å². The quantitative estimate of drug-likeness (QED) is 0.467. The average Bonchev–Trinajstić information content (AvgIpc) is 3.17. The number of aryl methyl sites for hydroxylation is 2. The van der Waals surface area contributed by atoms with Crippen molar-refractivity contribution in [3.8, 4) is 0 Å². The number of carbonyl (C=O) groups excluding carboxylic acids is 2. The average molecular weight is 450 g/mol. The van der Waals surface area contributed by atoms with E-state index in [1.54, 1.807) is 0 Å². The molecule has 32 heavy (non-hydrogen) atoms. The summed E-state index contributed by atoms with van der Waals surface area (Å²) in [6, 6.07) is 12.0. The summed E-state index contributed by atoms with van der Waals surface area (Å²) in [7, 11) is 0. The van der Waals surface area contributed by atoms with Crippen LogP contribution in [0.25, 0.3) is 10.2 Å². The van der Waals surface area contributed by atoms with E-state index in [-0.39, 0.29) is 24.5 Å². The summed E-state index contributed by atoms with van der Waals surface area (Å²) >= 11 is 1.49. The highest BCUT2D eigenvalue weighted by molar-refractivity contribution is 7.22. The SMILES string of the molecule is Cc1ccc(C(=O)CCC(=O)Nc2nc3ccc(CN4CCC(C)CC4)cc3s2)cc1C. The molecule has 1 saturated heterocycles. The van der Waals surface area contributed by atoms with E-state index in [1.807, 2.05) is 38.1 Å². The van der Waals surface area contributed by atoms with E-state index in [1.165, 1.54) is 29.7 Å². The maximum absolute atomic E-state index is 12.4. The number of thiazole rings is 1. The number of likely N-dealkylation sites (tertiary alicyclic amines) is 1. The van der Waals surface area contributed by atoms with E-state index < -0.39 is 0 Å². The van der Waals surface area contributed by atoms with Crippen LogP contribution in [-0.2, 0) is 11.3 Å². The van der Waals surface area contributed by atoms with Crippen molar-refractivity contribution in [3.05, 3.63) is 58.7 Å². The second kappa shape index (κ2) is 9.92. The van der Waals surface area contributed by atoms with Gasteiger partial charge in [0.15, 0.2) is 10.9 Å². The van der Waals surface area contributed by atoms with Gasteiger partial charge in [-0.3, -0.25) is 14.5 Å². The largest absolute Gasteiger partial charge is 0.302 e. The number of carbonyl (C=O) groups is 2. The van der Waals surface area contributed by atoms with Crippen molar-refractivity contribution in [1.82, 2.24) is 9.88 Å². The van der Waals surface area contributed by atoms with E-state index in [4.69, 9.17) is 0 Å². The van der Waals surface area contributed by atoms with Gasteiger partial charge in [0.2, 0.25) is 5.91 Å². The van der Waals surface area contributed by atoms with Crippen molar-refractivity contribution >= 4 is 38.4 Å². The highest BCUT2D eigenvalue weighted by Gasteiger charge is 2.16. The molecule has 0 aliphatic carbocycles. The Bertz CT molecular complexity index is 1130. The van der Waals surface area contributed by atoms with Crippen LogP contribution in [0.1, 0.15) is 59.7 Å². The molecule has 168 valence electrons. The topological polar surface area (TPSA) is 62.3 Å². The molecule has 0 unspecified atom stereocenters. The van der Waals surface area contributed by atoms with Gasteiger partial charge in [0.1, 0.15) is 0 Å². The Hall–Kier alpha value is -2.57. The molecule has 1 aromatic heterocycles. The monoisotopic (exact) mass is 449 g/mol. The van der Waals surface area contributed by atoms with Crippen molar-refractivity contribution in [1.29, 1.82) is 0 Å². The molecule has 0 bridgehead atoms. The van der Waals surface area contributed by atoms with Crippen LogP contribution in [0.5, 0.6) is 0 Å². The lowest BCUT2D eigenvalue weighted by atomic mass is 9.99. The number of hydrogen-bond donors (Lipinski definition) is 1. The molecule has 0 atom stereocenters. The summed E-state index contributed by atoms with van der Waals surface area (Å²) in [5.41, 5.74) is 5.09. The summed E-state index contributed by atoms with van der Waals surface area (Å²) in [4.78, 5) is 31.9. The third-order valence-electron chi connectivity index (χ3n) is 6.39. The number of ketones is 1. The lowest BCUT2D eigenvalue weighted by Gasteiger charge is -2.30. The number of piperidine rings is 1. The number of benzene rings is 2. The first-order valence-corrected chi connectivity index (χ1v) is 12.2. The predicted octanol–water partition coefficient (Wildman–Crippen LogP) is 5.75. The smallest absolute Gasteiger partial charge is 0.226 e. The van der Waals surface area contributed by atoms with Gasteiger partial charge in [-0.25, -0.2) is 4.98 Å². The Morgan fingerprint density at radius 1 is 1.06 bits per heavy atom. The van der Waals surface area contributed by atoms with Crippen LogP contribution in [0.4, 0.5) is 5.13 Å². The normalized spacial score (nSPS) is 15.2. The summed E-state index contributed by atoms with van der Waals surface area (Å²) in [5, 5.41) is 3.46. The highest BCUT2D eigenvalue weighted by Crippen LogP contribution is 2.28. The Morgan fingerprint density at radius 3 is 2.59 bits per heavy atom. The zero-order valence-corrected chi connectivity index (χ0v) is 19.9. The molecule has 2 heterocycles. The number of amides is 1. The Labute approximate surface area is 193 Å². The fraction of sp³-hybridized carbons (Fsp3) is 0.423. The molecule has 0 saturated carbocycles. The molecule has 1 aliphatic heterocycles. The molecular weight excluding hydrogens is 418 g/mol. The van der Waals surface area contributed by atoms with Gasteiger partial charge in [0.05, 0.1) is 10.2 Å². The number of fused-ring (bicyclic) bond motifs is 1. The molecule has 1 fully saturated rings. The van der Waals surface area contributed by atoms with Gasteiger partial charge in [-0.05, 0) is 80.6 Å². The zero-order valence-electron chi connectivity index (χ0n) is 19.1. The van der Waals surface area contributed by atoms with Gasteiger partial charge in [-0.15, -0.1) is 0 Å². The van der Waals surface area contributed by atoms with E-state index in [0.29, 0.717) is 10.7 Å². The number of Topliss-reactive ketones (excluding diaryl/α,β-unsaturated/α-hetero) is 1. The molecule has 5 nitrogen and oxygen atoms in total. The second-order valence-corrected chi connectivity index (χ2v) is 10.1. The summed E-state index contributed by atoms with van der Waals surface area (Å²) in [6.45, 7) is 9.61. The van der Waals surface area contributed by atoms with E-state index >= 15 is 0 Å². The molecule has 1 amide bonds. The Morgan fingerprint density at radius 2 is 1.84 bits per heavy atom. The molecule has 2 aromatic carbocycles. The van der Waals surface area contributed by atoms with Crippen molar-refractivity contribution in [2.24, 2.45) is 5.92 Å². The van der Waals surface area contributed by atoms with Gasteiger partial charge in [0, 0.05) is 24.9 Å². The number of hydrogen-bond acceptors (Lipinski definition) is 5. The van der Waals surface area contributed by atoms with Crippen molar-refractivity contribution in [2.45, 2.75) is 53.0 Å². The minimum Gasteiger partial charge on any atom is -0.302 e. The van der Waals surface area contributed by atoms with Crippen LogP contribution in [0.2, 0.25) is 0 Å².